The van der Waals surface area contributed by atoms with Gasteiger partial charge in [0.2, 0.25) is 0 Å². The Kier molecular flexibility index (Phi) is 24.2. The molecule has 0 aliphatic heterocycles. The van der Waals surface area contributed by atoms with Crippen LogP contribution in [0.5, 0.6) is 5.75 Å². The first-order chi connectivity index (χ1) is 18.7. The quantitative estimate of drug-likeness (QED) is 0.146. The zero-order chi connectivity index (χ0) is 27.4. The summed E-state index contributed by atoms with van der Waals surface area (Å²) >= 11 is 0. The van der Waals surface area contributed by atoms with Crippen LogP contribution < -0.4 is 4.74 Å². The van der Waals surface area contributed by atoms with Crippen LogP contribution >= 0.6 is 0 Å². The van der Waals surface area contributed by atoms with Crippen molar-refractivity contribution in [1.29, 1.82) is 0 Å². The molecule has 1 rings (SSSR count). The first-order valence-electron chi connectivity index (χ1n) is 14.1. The van der Waals surface area contributed by atoms with Gasteiger partial charge in [-0.15, -0.1) is 0 Å². The molecule has 0 atom stereocenters. The minimum absolute atomic E-state index is 0.00657. The molecule has 0 aromatic heterocycles. The van der Waals surface area contributed by atoms with Gasteiger partial charge in [-0.3, -0.25) is 4.79 Å². The number of aryl methyl sites for hydroxylation is 1. The number of aliphatic carboxylic acids is 1. The zero-order valence-electron chi connectivity index (χ0n) is 23.4. The van der Waals surface area contributed by atoms with E-state index in [0.29, 0.717) is 79.3 Å². The zero-order valence-corrected chi connectivity index (χ0v) is 23.4. The van der Waals surface area contributed by atoms with Crippen molar-refractivity contribution in [2.24, 2.45) is 0 Å². The minimum atomic E-state index is -0.866. The largest absolute Gasteiger partial charge is 0.491 e. The monoisotopic (exact) mass is 542 g/mol. The molecule has 0 heterocycles. The predicted octanol–water partition coefficient (Wildman–Crippen LogP) is 4.54. The van der Waals surface area contributed by atoms with Gasteiger partial charge in [-0.25, -0.2) is 0 Å². The molecule has 0 unspecified atom stereocenters. The van der Waals surface area contributed by atoms with Crippen LogP contribution in [0.25, 0.3) is 0 Å². The maximum Gasteiger partial charge on any atom is 0.305 e. The lowest BCUT2D eigenvalue weighted by Gasteiger charge is -2.09. The summed E-state index contributed by atoms with van der Waals surface area (Å²) in [7, 11) is 0. The molecule has 220 valence electrons. The lowest BCUT2D eigenvalue weighted by Crippen LogP contribution is -2.15. The first kappa shape index (κ1) is 34.3. The second-order valence-corrected chi connectivity index (χ2v) is 8.83. The molecular weight excluding hydrogens is 492 g/mol. The highest BCUT2D eigenvalue weighted by Crippen LogP contribution is 2.15. The molecule has 0 saturated heterocycles. The molecule has 0 fully saturated rings. The Hall–Kier alpha value is -1.75. The normalized spacial score (nSPS) is 11.2. The van der Waals surface area contributed by atoms with Crippen LogP contribution in [0.4, 0.5) is 0 Å². The number of carbonyl (C=O) groups is 1. The van der Waals surface area contributed by atoms with Gasteiger partial charge in [0.1, 0.15) is 12.4 Å². The number of benzene rings is 1. The molecule has 1 aromatic carbocycles. The second-order valence-electron chi connectivity index (χ2n) is 8.83. The Balaban J connectivity index is 1.77. The summed E-state index contributed by atoms with van der Waals surface area (Å²) in [6.07, 6.45) is 9.08. The highest BCUT2D eigenvalue weighted by Gasteiger charge is 1.99. The molecule has 0 aliphatic rings. The van der Waals surface area contributed by atoms with Crippen molar-refractivity contribution in [2.45, 2.75) is 58.3 Å². The van der Waals surface area contributed by atoms with E-state index in [1.165, 1.54) is 44.1 Å². The second kappa shape index (κ2) is 26.8. The van der Waals surface area contributed by atoms with Crippen LogP contribution in [-0.4, -0.2) is 97.0 Å². The molecule has 38 heavy (non-hydrogen) atoms. The summed E-state index contributed by atoms with van der Waals surface area (Å²) in [5.74, 6) is 0.0132. The summed E-state index contributed by atoms with van der Waals surface area (Å²) in [5.41, 5.74) is 1.37. The van der Waals surface area contributed by atoms with Crippen molar-refractivity contribution in [3.63, 3.8) is 0 Å². The number of ether oxygens (including phenoxy) is 7. The van der Waals surface area contributed by atoms with Crippen molar-refractivity contribution in [3.05, 3.63) is 29.8 Å². The van der Waals surface area contributed by atoms with Crippen molar-refractivity contribution in [1.82, 2.24) is 0 Å². The molecule has 0 amide bonds. The molecule has 9 heteroatoms. The van der Waals surface area contributed by atoms with E-state index in [1.807, 2.05) is 12.1 Å². The van der Waals surface area contributed by atoms with E-state index in [-0.39, 0.29) is 13.0 Å². The number of rotatable bonds is 29. The third-order valence-corrected chi connectivity index (χ3v) is 5.56. The predicted molar refractivity (Wildman–Crippen MR) is 146 cm³/mol. The highest BCUT2D eigenvalue weighted by atomic mass is 16.6. The average Bonchev–Trinajstić information content (AvgIpc) is 2.92. The molecule has 0 saturated carbocycles. The maximum absolute atomic E-state index is 10.3. The summed E-state index contributed by atoms with van der Waals surface area (Å²) < 4.78 is 38.1. The average molecular weight is 543 g/mol. The van der Waals surface area contributed by atoms with E-state index in [0.717, 1.165) is 12.2 Å². The fourth-order valence-electron chi connectivity index (χ4n) is 3.44. The van der Waals surface area contributed by atoms with Crippen molar-refractivity contribution < 1.29 is 43.1 Å². The number of carboxylic acid groups (broad SMARTS) is 1. The van der Waals surface area contributed by atoms with Crippen molar-refractivity contribution >= 4 is 5.97 Å². The van der Waals surface area contributed by atoms with Gasteiger partial charge < -0.3 is 38.3 Å². The molecule has 9 nitrogen and oxygen atoms in total. The summed E-state index contributed by atoms with van der Waals surface area (Å²) in [6.45, 7) is 8.27. The van der Waals surface area contributed by atoms with Crippen LogP contribution in [0.15, 0.2) is 24.3 Å². The summed E-state index contributed by atoms with van der Waals surface area (Å²) in [5, 5.41) is 8.48. The van der Waals surface area contributed by atoms with E-state index in [4.69, 9.17) is 38.3 Å². The van der Waals surface area contributed by atoms with Gasteiger partial charge in [0.25, 0.3) is 0 Å². The Labute approximate surface area is 229 Å². The lowest BCUT2D eigenvalue weighted by molar-refractivity contribution is -0.138. The summed E-state index contributed by atoms with van der Waals surface area (Å²) in [6, 6.07) is 8.40. The van der Waals surface area contributed by atoms with Gasteiger partial charge in [0.15, 0.2) is 0 Å². The molecule has 0 aliphatic carbocycles. The van der Waals surface area contributed by atoms with Gasteiger partial charge >= 0.3 is 5.97 Å². The number of carboxylic acids is 1. The number of unbranched alkanes of at least 4 members (excludes halogenated alkanes) is 5. The van der Waals surface area contributed by atoms with E-state index in [1.54, 1.807) is 0 Å². The SMILES string of the molecule is CCCCCCCCc1ccc(OCCOCCOCCOCCOCCOCCOCCC(=O)O)cc1. The maximum atomic E-state index is 10.3. The molecular formula is C29H50O9. The standard InChI is InChI=1S/C29H50O9/c1-2-3-4-5-6-7-8-27-9-11-28(12-10-27)38-26-25-37-24-23-36-22-21-35-20-19-34-18-17-33-16-15-32-14-13-29(30)31/h9-12H,2-8,13-26H2,1H3,(H,30,31). The fourth-order valence-corrected chi connectivity index (χ4v) is 3.44. The molecule has 1 aromatic rings. The van der Waals surface area contributed by atoms with E-state index in [9.17, 15) is 4.79 Å². The van der Waals surface area contributed by atoms with Gasteiger partial charge in [-0.2, -0.15) is 0 Å². The smallest absolute Gasteiger partial charge is 0.305 e. The van der Waals surface area contributed by atoms with Gasteiger partial charge in [0, 0.05) is 0 Å². The molecule has 1 N–H and O–H groups in total. The van der Waals surface area contributed by atoms with Crippen LogP contribution in [0, 0.1) is 0 Å². The van der Waals surface area contributed by atoms with Crippen molar-refractivity contribution in [2.75, 3.05) is 85.9 Å². The summed E-state index contributed by atoms with van der Waals surface area (Å²) in [4.78, 5) is 10.3. The fraction of sp³-hybridized carbons (Fsp3) is 0.759. The van der Waals surface area contributed by atoms with Crippen molar-refractivity contribution in [3.8, 4) is 5.75 Å². The topological polar surface area (TPSA) is 102 Å². The molecule has 0 radical (unpaired) electrons. The van der Waals surface area contributed by atoms with E-state index < -0.39 is 5.97 Å². The van der Waals surface area contributed by atoms with Crippen LogP contribution in [-0.2, 0) is 39.6 Å². The Morgan fingerprint density at radius 2 is 1.00 bits per heavy atom. The molecule has 0 spiro atoms. The third kappa shape index (κ3) is 23.4. The highest BCUT2D eigenvalue weighted by molar-refractivity contribution is 5.66. The van der Waals surface area contributed by atoms with Gasteiger partial charge in [0.05, 0.1) is 85.7 Å². The number of hydrogen-bond acceptors (Lipinski definition) is 8. The van der Waals surface area contributed by atoms with E-state index in [2.05, 4.69) is 19.1 Å². The van der Waals surface area contributed by atoms with Crippen LogP contribution in [0.1, 0.15) is 57.4 Å². The van der Waals surface area contributed by atoms with Gasteiger partial charge in [-0.05, 0) is 30.5 Å². The molecule has 0 bridgehead atoms. The lowest BCUT2D eigenvalue weighted by atomic mass is 10.0. The Bertz CT molecular complexity index is 639. The number of hydrogen-bond donors (Lipinski definition) is 1. The van der Waals surface area contributed by atoms with E-state index >= 15 is 0 Å². The van der Waals surface area contributed by atoms with Gasteiger partial charge in [-0.1, -0.05) is 51.2 Å². The minimum Gasteiger partial charge on any atom is -0.491 e. The Morgan fingerprint density at radius 3 is 1.47 bits per heavy atom. The first-order valence-corrected chi connectivity index (χ1v) is 14.1. The van der Waals surface area contributed by atoms with Crippen LogP contribution in [0.3, 0.4) is 0 Å². The Morgan fingerprint density at radius 1 is 0.579 bits per heavy atom. The van der Waals surface area contributed by atoms with Crippen LogP contribution in [0.2, 0.25) is 0 Å². The third-order valence-electron chi connectivity index (χ3n) is 5.56.